The number of amides is 1. The highest BCUT2D eigenvalue weighted by molar-refractivity contribution is 5.74. The normalized spacial score (nSPS) is 13.2. The molecule has 1 N–H and O–H groups in total. The number of carbonyl (C=O) groups excluding carboxylic acids is 1. The minimum atomic E-state index is 0.132. The first-order valence-corrected chi connectivity index (χ1v) is 7.66. The molecule has 0 saturated heterocycles. The number of anilines is 2. The molecule has 2 aromatic rings. The number of benzene rings is 1. The number of pyridine rings is 1. The number of rotatable bonds is 5. The van der Waals surface area contributed by atoms with Crippen LogP contribution in [0.25, 0.3) is 0 Å². The molecule has 0 atom stereocenters. The van der Waals surface area contributed by atoms with Crippen LogP contribution in [0.4, 0.5) is 11.5 Å². The smallest absolute Gasteiger partial charge is 0.219 e. The Kier molecular flexibility index (Phi) is 4.24. The summed E-state index contributed by atoms with van der Waals surface area (Å²) in [5.41, 5.74) is 2.39. The summed E-state index contributed by atoms with van der Waals surface area (Å²) in [4.78, 5) is 17.8. The van der Waals surface area contributed by atoms with E-state index in [1.165, 1.54) is 0 Å². The minimum absolute atomic E-state index is 0.132. The van der Waals surface area contributed by atoms with Gasteiger partial charge >= 0.3 is 0 Å². The van der Waals surface area contributed by atoms with E-state index in [4.69, 9.17) is 5.26 Å². The molecule has 5 heteroatoms. The van der Waals surface area contributed by atoms with E-state index >= 15 is 0 Å². The number of hydrogen-bond donors (Lipinski definition) is 1. The van der Waals surface area contributed by atoms with Crippen LogP contribution >= 0.6 is 0 Å². The van der Waals surface area contributed by atoms with E-state index in [0.29, 0.717) is 24.1 Å². The lowest BCUT2D eigenvalue weighted by molar-refractivity contribution is -0.130. The first kappa shape index (κ1) is 15.0. The summed E-state index contributed by atoms with van der Waals surface area (Å²) in [6, 6.07) is 15.7. The molecule has 0 radical (unpaired) electrons. The number of aromatic nitrogens is 1. The average Bonchev–Trinajstić information content (AvgIpc) is 3.39. The molecule has 0 aliphatic heterocycles. The van der Waals surface area contributed by atoms with Gasteiger partial charge in [-0.15, -0.1) is 0 Å². The zero-order chi connectivity index (χ0) is 16.2. The van der Waals surface area contributed by atoms with E-state index in [-0.39, 0.29) is 5.91 Å². The van der Waals surface area contributed by atoms with Gasteiger partial charge in [-0.3, -0.25) is 4.79 Å². The largest absolute Gasteiger partial charge is 0.340 e. The summed E-state index contributed by atoms with van der Waals surface area (Å²) in [7, 11) is 0. The van der Waals surface area contributed by atoms with Gasteiger partial charge in [0.1, 0.15) is 17.6 Å². The molecule has 3 rings (SSSR count). The van der Waals surface area contributed by atoms with E-state index in [9.17, 15) is 4.79 Å². The molecule has 1 saturated carbocycles. The van der Waals surface area contributed by atoms with Gasteiger partial charge in [0.15, 0.2) is 0 Å². The lowest BCUT2D eigenvalue weighted by Gasteiger charge is -2.20. The highest BCUT2D eigenvalue weighted by atomic mass is 16.2. The summed E-state index contributed by atoms with van der Waals surface area (Å²) in [6.07, 6.45) is 2.22. The third-order valence-corrected chi connectivity index (χ3v) is 3.84. The molecule has 1 aliphatic carbocycles. The molecule has 1 aliphatic rings. The van der Waals surface area contributed by atoms with E-state index in [0.717, 1.165) is 24.1 Å². The van der Waals surface area contributed by atoms with Crippen molar-refractivity contribution in [1.29, 1.82) is 5.26 Å². The van der Waals surface area contributed by atoms with Crippen molar-refractivity contribution in [3.63, 3.8) is 0 Å². The second-order valence-corrected chi connectivity index (χ2v) is 5.72. The molecule has 1 aromatic carbocycles. The van der Waals surface area contributed by atoms with Gasteiger partial charge in [-0.05, 0) is 42.7 Å². The number of nitriles is 1. The van der Waals surface area contributed by atoms with Gasteiger partial charge in [-0.2, -0.15) is 5.26 Å². The zero-order valence-corrected chi connectivity index (χ0v) is 13.0. The molecule has 0 unspecified atom stereocenters. The number of hydrogen-bond acceptors (Lipinski definition) is 4. The lowest BCUT2D eigenvalue weighted by Crippen LogP contribution is -2.30. The second-order valence-electron chi connectivity index (χ2n) is 5.72. The van der Waals surface area contributed by atoms with Crippen LogP contribution in [-0.4, -0.2) is 21.8 Å². The molecule has 23 heavy (non-hydrogen) atoms. The third kappa shape index (κ3) is 3.86. The number of nitrogens with zero attached hydrogens (tertiary/aromatic N) is 3. The van der Waals surface area contributed by atoms with Crippen LogP contribution in [0.15, 0.2) is 42.5 Å². The molecule has 0 spiro atoms. The van der Waals surface area contributed by atoms with Crippen LogP contribution in [0.1, 0.15) is 31.0 Å². The molecule has 0 bridgehead atoms. The van der Waals surface area contributed by atoms with Gasteiger partial charge in [-0.1, -0.05) is 18.2 Å². The van der Waals surface area contributed by atoms with Crippen molar-refractivity contribution in [1.82, 2.24) is 9.88 Å². The molecule has 116 valence electrons. The Morgan fingerprint density at radius 2 is 2.04 bits per heavy atom. The Balaban J connectivity index is 1.67. The summed E-state index contributed by atoms with van der Waals surface area (Å²) in [5.74, 6) is 0.771. The third-order valence-electron chi connectivity index (χ3n) is 3.84. The fourth-order valence-corrected chi connectivity index (χ4v) is 2.49. The van der Waals surface area contributed by atoms with E-state index in [1.54, 1.807) is 19.1 Å². The maximum atomic E-state index is 11.7. The first-order chi connectivity index (χ1) is 11.2. The molecular weight excluding hydrogens is 288 g/mol. The molecule has 1 aromatic heterocycles. The van der Waals surface area contributed by atoms with Crippen LogP contribution in [0.3, 0.4) is 0 Å². The second kappa shape index (κ2) is 6.49. The first-order valence-electron chi connectivity index (χ1n) is 7.66. The van der Waals surface area contributed by atoms with Crippen molar-refractivity contribution in [3.8, 4) is 6.07 Å². The molecular formula is C18H18N4O. The predicted octanol–water partition coefficient (Wildman–Crippen LogP) is 3.21. The molecule has 1 fully saturated rings. The Bertz CT molecular complexity index is 744. The maximum Gasteiger partial charge on any atom is 0.219 e. The molecule has 1 amide bonds. The number of carbonyl (C=O) groups is 1. The molecule has 5 nitrogen and oxygen atoms in total. The van der Waals surface area contributed by atoms with Gasteiger partial charge in [0.25, 0.3) is 0 Å². The van der Waals surface area contributed by atoms with Gasteiger partial charge in [0.05, 0.1) is 0 Å². The van der Waals surface area contributed by atoms with Crippen LogP contribution in [-0.2, 0) is 11.3 Å². The van der Waals surface area contributed by atoms with E-state index in [1.807, 2.05) is 41.3 Å². The summed E-state index contributed by atoms with van der Waals surface area (Å²) >= 11 is 0. The monoisotopic (exact) mass is 306 g/mol. The summed E-state index contributed by atoms with van der Waals surface area (Å²) in [5, 5.41) is 12.0. The fourth-order valence-electron chi connectivity index (χ4n) is 2.49. The van der Waals surface area contributed by atoms with E-state index in [2.05, 4.69) is 10.3 Å². The SMILES string of the molecule is CC(=O)N(Cc1ccc(Nc2cccc(C#N)n2)cc1)C1CC1. The van der Waals surface area contributed by atoms with Crippen LogP contribution < -0.4 is 5.32 Å². The van der Waals surface area contributed by atoms with Gasteiger partial charge < -0.3 is 10.2 Å². The van der Waals surface area contributed by atoms with Crippen molar-refractivity contribution in [2.45, 2.75) is 32.4 Å². The molecule has 1 heterocycles. The predicted molar refractivity (Wildman–Crippen MR) is 87.9 cm³/mol. The Labute approximate surface area is 135 Å². The van der Waals surface area contributed by atoms with Crippen molar-refractivity contribution in [2.75, 3.05) is 5.32 Å². The van der Waals surface area contributed by atoms with Gasteiger partial charge in [0.2, 0.25) is 5.91 Å². The van der Waals surface area contributed by atoms with E-state index < -0.39 is 0 Å². The van der Waals surface area contributed by atoms with Crippen LogP contribution in [0.2, 0.25) is 0 Å². The van der Waals surface area contributed by atoms with Gasteiger partial charge in [-0.25, -0.2) is 4.98 Å². The van der Waals surface area contributed by atoms with Crippen molar-refractivity contribution >= 4 is 17.4 Å². The summed E-state index contributed by atoms with van der Waals surface area (Å²) in [6.45, 7) is 2.28. The van der Waals surface area contributed by atoms with Crippen LogP contribution in [0, 0.1) is 11.3 Å². The maximum absolute atomic E-state index is 11.7. The quantitative estimate of drug-likeness (QED) is 0.921. The van der Waals surface area contributed by atoms with Crippen LogP contribution in [0.5, 0.6) is 0 Å². The summed E-state index contributed by atoms with van der Waals surface area (Å²) < 4.78 is 0. The Hall–Kier alpha value is -2.87. The Morgan fingerprint density at radius 1 is 1.30 bits per heavy atom. The highest BCUT2D eigenvalue weighted by Gasteiger charge is 2.30. The topological polar surface area (TPSA) is 69.0 Å². The minimum Gasteiger partial charge on any atom is -0.340 e. The number of nitrogens with one attached hydrogen (secondary N) is 1. The standard InChI is InChI=1S/C18H18N4O/c1-13(23)22(17-9-10-17)12-14-5-7-15(8-6-14)20-18-4-2-3-16(11-19)21-18/h2-8,17H,9-10,12H2,1H3,(H,20,21). The van der Waals surface area contributed by atoms with Crippen molar-refractivity contribution in [3.05, 3.63) is 53.7 Å². The Morgan fingerprint density at radius 3 is 2.65 bits per heavy atom. The van der Waals surface area contributed by atoms with Gasteiger partial charge in [0, 0.05) is 25.2 Å². The van der Waals surface area contributed by atoms with Crippen molar-refractivity contribution in [2.24, 2.45) is 0 Å². The highest BCUT2D eigenvalue weighted by Crippen LogP contribution is 2.28. The lowest BCUT2D eigenvalue weighted by atomic mass is 10.2. The van der Waals surface area contributed by atoms with Crippen molar-refractivity contribution < 1.29 is 4.79 Å². The average molecular weight is 306 g/mol. The fraction of sp³-hybridized carbons (Fsp3) is 0.278. The zero-order valence-electron chi connectivity index (χ0n) is 13.0.